The Morgan fingerprint density at radius 1 is 1.14 bits per heavy atom. The molecule has 0 aliphatic heterocycles. The maximum Gasteiger partial charge on any atom is 0.271 e. The van der Waals surface area contributed by atoms with E-state index >= 15 is 0 Å². The number of aliphatic imine (C=N–C) groups is 1. The summed E-state index contributed by atoms with van der Waals surface area (Å²) >= 11 is 0. The normalized spacial score (nSPS) is 15.0. The molecule has 29 heavy (non-hydrogen) atoms. The minimum absolute atomic E-state index is 0.216. The molecule has 5 nitrogen and oxygen atoms in total. The molecule has 1 aliphatic carbocycles. The number of benzene rings is 2. The number of hydrogen-bond donors (Lipinski definition) is 2. The van der Waals surface area contributed by atoms with Gasteiger partial charge < -0.3 is 15.8 Å². The van der Waals surface area contributed by atoms with Crippen LogP contribution in [0.4, 0.5) is 14.5 Å². The fourth-order valence-corrected chi connectivity index (χ4v) is 3.10. The number of carbonyl (C=O) groups excluding carboxylic acids is 1. The maximum absolute atomic E-state index is 13.6. The molecule has 3 N–H and O–H groups in total. The average molecular weight is 399 g/mol. The van der Waals surface area contributed by atoms with Gasteiger partial charge in [0.25, 0.3) is 5.91 Å². The number of nitrogens with two attached hydrogens (primary N) is 1. The Hall–Kier alpha value is -3.22. The summed E-state index contributed by atoms with van der Waals surface area (Å²) in [7, 11) is 0. The Bertz CT molecular complexity index is 902. The number of ether oxygens (including phenoxy) is 1. The molecule has 0 atom stereocenters. The van der Waals surface area contributed by atoms with E-state index in [1.807, 2.05) is 24.3 Å². The van der Waals surface area contributed by atoms with Gasteiger partial charge in [-0.05, 0) is 50.0 Å². The van der Waals surface area contributed by atoms with Crippen molar-refractivity contribution in [2.45, 2.75) is 38.3 Å². The summed E-state index contributed by atoms with van der Waals surface area (Å²) in [5.41, 5.74) is 5.85. The number of hydrogen-bond acceptors (Lipinski definition) is 4. The Morgan fingerprint density at radius 2 is 1.83 bits per heavy atom. The van der Waals surface area contributed by atoms with Gasteiger partial charge in [0.1, 0.15) is 23.1 Å². The first-order valence-corrected chi connectivity index (χ1v) is 9.50. The van der Waals surface area contributed by atoms with E-state index in [0.717, 1.165) is 36.3 Å². The maximum atomic E-state index is 13.6. The fourth-order valence-electron chi connectivity index (χ4n) is 3.10. The van der Waals surface area contributed by atoms with E-state index in [9.17, 15) is 13.6 Å². The zero-order valence-electron chi connectivity index (χ0n) is 15.9. The summed E-state index contributed by atoms with van der Waals surface area (Å²) in [5, 5.41) is 2.12. The summed E-state index contributed by atoms with van der Waals surface area (Å²) in [5.74, 6) is -1.76. The lowest BCUT2D eigenvalue weighted by atomic mass is 10.2. The van der Waals surface area contributed by atoms with Crippen LogP contribution in [0, 0.1) is 11.6 Å². The van der Waals surface area contributed by atoms with Crippen molar-refractivity contribution in [3.8, 4) is 5.75 Å². The average Bonchev–Trinajstić information content (AvgIpc) is 3.22. The highest BCUT2D eigenvalue weighted by Crippen LogP contribution is 2.27. The van der Waals surface area contributed by atoms with Gasteiger partial charge in [-0.15, -0.1) is 0 Å². The van der Waals surface area contributed by atoms with E-state index in [0.29, 0.717) is 6.54 Å². The number of nitrogens with one attached hydrogen (secondary N) is 1. The number of halogens is 2. The molecule has 1 amide bonds. The molecule has 3 rings (SSSR count). The van der Waals surface area contributed by atoms with Gasteiger partial charge in [-0.1, -0.05) is 24.3 Å². The third-order valence-corrected chi connectivity index (χ3v) is 4.65. The van der Waals surface area contributed by atoms with Gasteiger partial charge in [-0.3, -0.25) is 9.79 Å². The number of nitrogens with zero attached hydrogens (tertiary/aromatic N) is 1. The predicted molar refractivity (Wildman–Crippen MR) is 109 cm³/mol. The molecular formula is C22H23F2N3O2. The van der Waals surface area contributed by atoms with Crippen molar-refractivity contribution >= 4 is 17.8 Å². The van der Waals surface area contributed by atoms with Gasteiger partial charge >= 0.3 is 0 Å². The van der Waals surface area contributed by atoms with Crippen LogP contribution < -0.4 is 15.8 Å². The fraction of sp³-hybridized carbons (Fsp3) is 0.273. The molecular weight excluding hydrogens is 376 g/mol. The number of amides is 1. The Morgan fingerprint density at radius 3 is 2.55 bits per heavy atom. The number of anilines is 1. The number of allylic oxidation sites excluding steroid dienone is 1. The van der Waals surface area contributed by atoms with Crippen molar-refractivity contribution in [1.82, 2.24) is 0 Å². The van der Waals surface area contributed by atoms with Crippen molar-refractivity contribution in [2.75, 3.05) is 5.32 Å². The van der Waals surface area contributed by atoms with Gasteiger partial charge in [-0.25, -0.2) is 8.78 Å². The lowest BCUT2D eigenvalue weighted by Gasteiger charge is -2.15. The lowest BCUT2D eigenvalue weighted by Crippen LogP contribution is -2.21. The molecule has 0 spiro atoms. The molecule has 0 saturated heterocycles. The van der Waals surface area contributed by atoms with Crippen LogP contribution in [0.1, 0.15) is 31.2 Å². The molecule has 0 aromatic heterocycles. The molecule has 1 saturated carbocycles. The van der Waals surface area contributed by atoms with Crippen molar-refractivity contribution < 1.29 is 18.3 Å². The van der Waals surface area contributed by atoms with Crippen LogP contribution in [0.15, 0.2) is 59.2 Å². The van der Waals surface area contributed by atoms with Crippen molar-refractivity contribution in [3.05, 3.63) is 71.4 Å². The van der Waals surface area contributed by atoms with Crippen LogP contribution >= 0.6 is 0 Å². The third kappa shape index (κ3) is 5.63. The molecule has 0 bridgehead atoms. The van der Waals surface area contributed by atoms with E-state index in [-0.39, 0.29) is 11.8 Å². The summed E-state index contributed by atoms with van der Waals surface area (Å²) < 4.78 is 33.3. The lowest BCUT2D eigenvalue weighted by molar-refractivity contribution is -0.112. The first kappa shape index (κ1) is 20.5. The second-order valence-corrected chi connectivity index (χ2v) is 6.79. The minimum atomic E-state index is -0.876. The molecule has 7 heteroatoms. The van der Waals surface area contributed by atoms with E-state index in [2.05, 4.69) is 10.3 Å². The monoisotopic (exact) mass is 399 g/mol. The summed E-state index contributed by atoms with van der Waals surface area (Å²) in [6, 6.07) is 11.0. The van der Waals surface area contributed by atoms with Crippen LogP contribution in [0.5, 0.6) is 5.75 Å². The molecule has 2 aromatic rings. The second kappa shape index (κ2) is 9.82. The number of para-hydroxylation sites is 2. The van der Waals surface area contributed by atoms with Crippen LogP contribution in [-0.2, 0) is 11.3 Å². The van der Waals surface area contributed by atoms with E-state index in [4.69, 9.17) is 10.5 Å². The molecule has 1 fully saturated rings. The van der Waals surface area contributed by atoms with Crippen molar-refractivity contribution in [2.24, 2.45) is 10.7 Å². The minimum Gasteiger partial charge on any atom is -0.490 e. The van der Waals surface area contributed by atoms with E-state index in [1.165, 1.54) is 31.2 Å². The topological polar surface area (TPSA) is 76.7 Å². The highest BCUT2D eigenvalue weighted by atomic mass is 19.1. The molecule has 1 aliphatic rings. The Labute approximate surface area is 168 Å². The predicted octanol–water partition coefficient (Wildman–Crippen LogP) is 4.34. The second-order valence-electron chi connectivity index (χ2n) is 6.79. The van der Waals surface area contributed by atoms with Gasteiger partial charge in [0, 0.05) is 11.8 Å². The number of rotatable bonds is 7. The highest BCUT2D eigenvalue weighted by molar-refractivity contribution is 6.05. The Kier molecular flexibility index (Phi) is 6.94. The smallest absolute Gasteiger partial charge is 0.271 e. The van der Waals surface area contributed by atoms with Gasteiger partial charge in [0.2, 0.25) is 0 Å². The third-order valence-electron chi connectivity index (χ3n) is 4.65. The molecule has 0 radical (unpaired) electrons. The quantitative estimate of drug-likeness (QED) is 0.537. The first-order valence-electron chi connectivity index (χ1n) is 9.50. The van der Waals surface area contributed by atoms with Crippen molar-refractivity contribution in [1.29, 1.82) is 0 Å². The SMILES string of the molecule is NC(=CC=NCc1ccccc1OC1CCCC1)C(=O)Nc1c(F)cccc1F. The zero-order valence-corrected chi connectivity index (χ0v) is 15.9. The van der Waals surface area contributed by atoms with Crippen LogP contribution in [0.2, 0.25) is 0 Å². The van der Waals surface area contributed by atoms with Gasteiger partial charge in [0.15, 0.2) is 0 Å². The van der Waals surface area contributed by atoms with Crippen LogP contribution in [-0.4, -0.2) is 18.2 Å². The molecule has 2 aromatic carbocycles. The standard InChI is InChI=1S/C22H23F2N3O2/c23-17-9-5-10-18(24)21(17)27-22(28)19(25)12-13-26-14-15-6-1-4-11-20(15)29-16-7-2-3-8-16/h1,4-6,9-13,16H,2-3,7-8,14,25H2,(H,27,28). The van der Waals surface area contributed by atoms with Gasteiger partial charge in [-0.2, -0.15) is 0 Å². The Balaban J connectivity index is 1.59. The zero-order chi connectivity index (χ0) is 20.6. The van der Waals surface area contributed by atoms with Crippen molar-refractivity contribution in [3.63, 3.8) is 0 Å². The number of carbonyl (C=O) groups is 1. The highest BCUT2D eigenvalue weighted by Gasteiger charge is 2.17. The van der Waals surface area contributed by atoms with Gasteiger partial charge in [0.05, 0.1) is 18.3 Å². The molecule has 152 valence electrons. The molecule has 0 heterocycles. The van der Waals surface area contributed by atoms with E-state index in [1.54, 1.807) is 0 Å². The summed E-state index contributed by atoms with van der Waals surface area (Å²) in [6.45, 7) is 0.357. The van der Waals surface area contributed by atoms with Crippen LogP contribution in [0.25, 0.3) is 0 Å². The summed E-state index contributed by atoms with van der Waals surface area (Å²) in [6.07, 6.45) is 7.43. The summed E-state index contributed by atoms with van der Waals surface area (Å²) in [4.78, 5) is 16.3. The van der Waals surface area contributed by atoms with Crippen LogP contribution in [0.3, 0.4) is 0 Å². The first-order chi connectivity index (χ1) is 14.0. The largest absolute Gasteiger partial charge is 0.490 e. The molecule has 0 unspecified atom stereocenters. The van der Waals surface area contributed by atoms with E-state index < -0.39 is 23.2 Å².